The van der Waals surface area contributed by atoms with Gasteiger partial charge in [-0.05, 0) is 29.6 Å². The van der Waals surface area contributed by atoms with Gasteiger partial charge in [0.05, 0.1) is 11.6 Å². The van der Waals surface area contributed by atoms with Gasteiger partial charge in [-0.3, -0.25) is 0 Å². The highest BCUT2D eigenvalue weighted by molar-refractivity contribution is 6.18. The lowest BCUT2D eigenvalue weighted by Gasteiger charge is -2.36. The minimum Gasteiger partial charge on any atom is -0.478 e. The van der Waals surface area contributed by atoms with Crippen LogP contribution in [0.15, 0.2) is 66.9 Å². The number of para-hydroxylation sites is 1. The van der Waals surface area contributed by atoms with Crippen molar-refractivity contribution in [2.45, 2.75) is 19.9 Å². The van der Waals surface area contributed by atoms with Crippen molar-refractivity contribution >= 4 is 23.0 Å². The number of carbonyl (C=O) groups is 1. The summed E-state index contributed by atoms with van der Waals surface area (Å²) in [5, 5.41) is 19.5. The molecule has 0 saturated heterocycles. The predicted octanol–water partition coefficient (Wildman–Crippen LogP) is 4.36. The van der Waals surface area contributed by atoms with Crippen LogP contribution in [0.3, 0.4) is 0 Å². The number of aromatic amines is 1. The van der Waals surface area contributed by atoms with Gasteiger partial charge < -0.3 is 20.1 Å². The van der Waals surface area contributed by atoms with Crippen molar-refractivity contribution in [2.75, 3.05) is 11.4 Å². The summed E-state index contributed by atoms with van der Waals surface area (Å²) in [6.07, 6.45) is 3.04. The third-order valence-electron chi connectivity index (χ3n) is 4.76. The average molecular weight is 406 g/mol. The van der Waals surface area contributed by atoms with Crippen molar-refractivity contribution in [2.24, 2.45) is 0 Å². The molecule has 0 saturated carbocycles. The van der Waals surface area contributed by atoms with Crippen LogP contribution in [0.4, 0.5) is 11.5 Å². The topological polar surface area (TPSA) is 112 Å². The van der Waals surface area contributed by atoms with Crippen LogP contribution in [0.2, 0.25) is 0 Å². The fourth-order valence-electron chi connectivity index (χ4n) is 3.42. The fourth-order valence-corrected chi connectivity index (χ4v) is 3.42. The molecule has 2 N–H and O–H groups in total. The normalized spacial score (nSPS) is 14.8. The molecule has 1 unspecified atom stereocenters. The number of fused-ring (bicyclic) bond motifs is 1. The molecule has 1 atom stereocenters. The van der Waals surface area contributed by atoms with Crippen molar-refractivity contribution in [3.05, 3.63) is 93.9 Å². The standard InChI is InChI=1S/C18H17NO2.C4H5N3O2/c1-2-19-16-11-7-6-10-14(16)15(18(20)21)12-17(19)13-8-4-3-5-9-13;1-3-5-2-4(6-3)7(8)9/h3-12,17H,2H2,1H3,(H,20,21);2H,1H3,(H,5,6). The van der Waals surface area contributed by atoms with E-state index in [0.717, 1.165) is 23.4 Å². The molecule has 1 aromatic heterocycles. The number of hydrogen-bond donors (Lipinski definition) is 2. The molecular weight excluding hydrogens is 384 g/mol. The number of aromatic nitrogens is 2. The second-order valence-corrected chi connectivity index (χ2v) is 6.66. The average Bonchev–Trinajstić information content (AvgIpc) is 3.20. The lowest BCUT2D eigenvalue weighted by atomic mass is 9.91. The highest BCUT2D eigenvalue weighted by Gasteiger charge is 2.28. The van der Waals surface area contributed by atoms with Crippen molar-refractivity contribution in [3.8, 4) is 0 Å². The molecule has 1 aliphatic heterocycles. The largest absolute Gasteiger partial charge is 0.478 e. The minimum absolute atomic E-state index is 0.0443. The number of H-pyrrole nitrogens is 1. The van der Waals surface area contributed by atoms with Gasteiger partial charge in [-0.2, -0.15) is 0 Å². The van der Waals surface area contributed by atoms with Gasteiger partial charge in [0.15, 0.2) is 5.82 Å². The first kappa shape index (κ1) is 20.8. The number of nitrogens with one attached hydrogen (secondary N) is 1. The Kier molecular flexibility index (Phi) is 6.26. The van der Waals surface area contributed by atoms with E-state index in [4.69, 9.17) is 0 Å². The van der Waals surface area contributed by atoms with Gasteiger partial charge in [0.2, 0.25) is 0 Å². The van der Waals surface area contributed by atoms with Gasteiger partial charge in [0, 0.05) is 24.7 Å². The molecule has 0 fully saturated rings. The number of hydrogen-bond acceptors (Lipinski definition) is 5. The maximum Gasteiger partial charge on any atom is 0.340 e. The van der Waals surface area contributed by atoms with E-state index in [-0.39, 0.29) is 11.9 Å². The van der Waals surface area contributed by atoms with E-state index in [2.05, 4.69) is 21.8 Å². The Morgan fingerprint density at radius 2 is 1.87 bits per heavy atom. The SMILES string of the molecule is CCN1c2ccccc2C(C(=O)O)=CC1c1ccccc1.Cc1ncc([N+](=O)[O-])[nH]1. The van der Waals surface area contributed by atoms with Crippen LogP contribution in [-0.2, 0) is 4.79 Å². The molecule has 1 aliphatic rings. The summed E-state index contributed by atoms with van der Waals surface area (Å²) >= 11 is 0. The Balaban J connectivity index is 0.000000239. The van der Waals surface area contributed by atoms with E-state index in [1.54, 1.807) is 6.92 Å². The molecule has 2 aromatic carbocycles. The molecule has 3 aromatic rings. The van der Waals surface area contributed by atoms with Gasteiger partial charge in [-0.15, -0.1) is 0 Å². The Morgan fingerprint density at radius 3 is 2.40 bits per heavy atom. The zero-order valence-electron chi connectivity index (χ0n) is 16.6. The van der Waals surface area contributed by atoms with E-state index in [1.165, 1.54) is 6.20 Å². The second kappa shape index (κ2) is 9.04. The smallest absolute Gasteiger partial charge is 0.340 e. The molecule has 30 heavy (non-hydrogen) atoms. The maximum absolute atomic E-state index is 11.6. The molecule has 0 amide bonds. The number of anilines is 1. The molecule has 4 rings (SSSR count). The molecule has 8 heteroatoms. The monoisotopic (exact) mass is 406 g/mol. The first-order valence-electron chi connectivity index (χ1n) is 9.44. The Bertz CT molecular complexity index is 1080. The van der Waals surface area contributed by atoms with E-state index in [0.29, 0.717) is 11.4 Å². The summed E-state index contributed by atoms with van der Waals surface area (Å²) in [5.41, 5.74) is 3.25. The molecule has 0 radical (unpaired) electrons. The van der Waals surface area contributed by atoms with Gasteiger partial charge in [-0.25, -0.2) is 14.8 Å². The van der Waals surface area contributed by atoms with Crippen molar-refractivity contribution in [1.29, 1.82) is 0 Å². The number of rotatable bonds is 4. The van der Waals surface area contributed by atoms with E-state index >= 15 is 0 Å². The summed E-state index contributed by atoms with van der Waals surface area (Å²) in [6, 6.07) is 17.7. The first-order valence-corrected chi connectivity index (χ1v) is 9.44. The Hall–Kier alpha value is -3.94. The number of likely N-dealkylation sites (N-methyl/N-ethyl adjacent to an activating group) is 1. The van der Waals surface area contributed by atoms with Crippen molar-refractivity contribution in [3.63, 3.8) is 0 Å². The number of aryl methyl sites for hydroxylation is 1. The highest BCUT2D eigenvalue weighted by atomic mass is 16.6. The summed E-state index contributed by atoms with van der Waals surface area (Å²) in [7, 11) is 0. The van der Waals surface area contributed by atoms with Gasteiger partial charge in [0.25, 0.3) is 0 Å². The summed E-state index contributed by atoms with van der Waals surface area (Å²) in [5.74, 6) is -0.381. The second-order valence-electron chi connectivity index (χ2n) is 6.66. The van der Waals surface area contributed by atoms with Gasteiger partial charge in [0.1, 0.15) is 6.20 Å². The highest BCUT2D eigenvalue weighted by Crippen LogP contribution is 2.40. The molecule has 0 spiro atoms. The summed E-state index contributed by atoms with van der Waals surface area (Å²) < 4.78 is 0. The number of benzene rings is 2. The molecule has 0 bridgehead atoms. The lowest BCUT2D eigenvalue weighted by Crippen LogP contribution is -2.31. The number of aliphatic carboxylic acids is 1. The maximum atomic E-state index is 11.6. The minimum atomic E-state index is -0.876. The third-order valence-corrected chi connectivity index (χ3v) is 4.76. The van der Waals surface area contributed by atoms with Gasteiger partial charge in [-0.1, -0.05) is 48.5 Å². The van der Waals surface area contributed by atoms with E-state index in [1.807, 2.05) is 60.7 Å². The Labute approximate surface area is 173 Å². The zero-order chi connectivity index (χ0) is 21.7. The van der Waals surface area contributed by atoms with E-state index in [9.17, 15) is 20.0 Å². The van der Waals surface area contributed by atoms with Crippen LogP contribution < -0.4 is 4.90 Å². The number of imidazole rings is 1. The zero-order valence-corrected chi connectivity index (χ0v) is 16.6. The first-order chi connectivity index (χ1) is 14.4. The van der Waals surface area contributed by atoms with Crippen molar-refractivity contribution in [1.82, 2.24) is 9.97 Å². The number of nitro groups is 1. The summed E-state index contributed by atoms with van der Waals surface area (Å²) in [4.78, 5) is 29.4. The van der Waals surface area contributed by atoms with E-state index < -0.39 is 10.9 Å². The van der Waals surface area contributed by atoms with Crippen LogP contribution >= 0.6 is 0 Å². The van der Waals surface area contributed by atoms with Crippen LogP contribution in [0.25, 0.3) is 5.57 Å². The van der Waals surface area contributed by atoms with Crippen LogP contribution in [0.1, 0.15) is 29.9 Å². The Morgan fingerprint density at radius 1 is 1.20 bits per heavy atom. The number of carboxylic acid groups (broad SMARTS) is 1. The quantitative estimate of drug-likeness (QED) is 0.492. The van der Waals surface area contributed by atoms with Crippen LogP contribution in [0.5, 0.6) is 0 Å². The molecular formula is C22H22N4O4. The number of nitrogens with zero attached hydrogens (tertiary/aromatic N) is 3. The predicted molar refractivity (Wildman–Crippen MR) is 114 cm³/mol. The van der Waals surface area contributed by atoms with Crippen LogP contribution in [-0.4, -0.2) is 32.5 Å². The van der Waals surface area contributed by atoms with Crippen LogP contribution in [0, 0.1) is 17.0 Å². The van der Waals surface area contributed by atoms with Gasteiger partial charge >= 0.3 is 11.8 Å². The fraction of sp³-hybridized carbons (Fsp3) is 0.182. The number of carboxylic acids is 1. The van der Waals surface area contributed by atoms with Crippen molar-refractivity contribution < 1.29 is 14.8 Å². The molecule has 0 aliphatic carbocycles. The molecule has 2 heterocycles. The molecule has 154 valence electrons. The lowest BCUT2D eigenvalue weighted by molar-refractivity contribution is -0.389. The third kappa shape index (κ3) is 4.38. The molecule has 8 nitrogen and oxygen atoms in total. The summed E-state index contributed by atoms with van der Waals surface area (Å²) in [6.45, 7) is 4.57.